The second-order valence-corrected chi connectivity index (χ2v) is 6.81. The Labute approximate surface area is 154 Å². The molecule has 1 heterocycles. The van der Waals surface area contributed by atoms with Gasteiger partial charge in [0.25, 0.3) is 5.91 Å². The topological polar surface area (TPSA) is 95.7 Å². The molecule has 0 bridgehead atoms. The summed E-state index contributed by atoms with van der Waals surface area (Å²) in [7, 11) is 0. The quantitative estimate of drug-likeness (QED) is 0.741. The molecule has 0 aromatic heterocycles. The van der Waals surface area contributed by atoms with Crippen molar-refractivity contribution in [2.45, 2.75) is 44.4 Å². The van der Waals surface area contributed by atoms with E-state index in [1.807, 2.05) is 29.2 Å². The van der Waals surface area contributed by atoms with Crippen molar-refractivity contribution in [3.8, 4) is 0 Å². The second-order valence-electron chi connectivity index (χ2n) is 6.81. The van der Waals surface area contributed by atoms with Crippen molar-refractivity contribution in [1.82, 2.24) is 10.2 Å². The van der Waals surface area contributed by atoms with Gasteiger partial charge in [-0.15, -0.1) is 12.4 Å². The Morgan fingerprint density at radius 3 is 2.36 bits per heavy atom. The standard InChI is InChI=1S/C18H25N3O3.ClH/c19-15-9-14(10-16(15)22)17(23)20-11-12-3-5-13(6-4-12)18(24)21-7-1-2-8-21;/h3-6,14-16,22H,1-2,7-11,19H2,(H,20,23);1H/t14-,15-,16-;/m0./s1. The van der Waals surface area contributed by atoms with Crippen molar-refractivity contribution in [1.29, 1.82) is 0 Å². The van der Waals surface area contributed by atoms with Gasteiger partial charge in [-0.25, -0.2) is 0 Å². The molecule has 2 amide bonds. The lowest BCUT2D eigenvalue weighted by Crippen LogP contribution is -2.30. The lowest BCUT2D eigenvalue weighted by atomic mass is 10.1. The third-order valence-electron chi connectivity index (χ3n) is 5.01. The normalized spacial score (nSPS) is 25.5. The number of amides is 2. The smallest absolute Gasteiger partial charge is 0.253 e. The lowest BCUT2D eigenvalue weighted by molar-refractivity contribution is -0.125. The third-order valence-corrected chi connectivity index (χ3v) is 5.01. The van der Waals surface area contributed by atoms with Crippen molar-refractivity contribution < 1.29 is 14.7 Å². The molecule has 3 atom stereocenters. The summed E-state index contributed by atoms with van der Waals surface area (Å²) in [5.74, 6) is -0.206. The molecule has 25 heavy (non-hydrogen) atoms. The molecule has 4 N–H and O–H groups in total. The summed E-state index contributed by atoms with van der Waals surface area (Å²) < 4.78 is 0. The van der Waals surface area contributed by atoms with Crippen LogP contribution in [0.2, 0.25) is 0 Å². The van der Waals surface area contributed by atoms with Gasteiger partial charge in [0.1, 0.15) is 0 Å². The van der Waals surface area contributed by atoms with Gasteiger partial charge in [-0.2, -0.15) is 0 Å². The number of likely N-dealkylation sites (tertiary alicyclic amines) is 1. The Hall–Kier alpha value is -1.63. The maximum atomic E-state index is 12.3. The van der Waals surface area contributed by atoms with Crippen molar-refractivity contribution in [2.24, 2.45) is 11.7 Å². The number of carbonyl (C=O) groups excluding carboxylic acids is 2. The molecule has 1 saturated carbocycles. The maximum Gasteiger partial charge on any atom is 0.253 e. The zero-order valence-electron chi connectivity index (χ0n) is 14.2. The molecule has 6 nitrogen and oxygen atoms in total. The van der Waals surface area contributed by atoms with E-state index in [2.05, 4.69) is 5.32 Å². The molecular weight excluding hydrogens is 342 g/mol. The van der Waals surface area contributed by atoms with E-state index in [0.717, 1.165) is 31.5 Å². The molecule has 0 unspecified atom stereocenters. The first-order valence-electron chi connectivity index (χ1n) is 8.64. The number of hydrogen-bond donors (Lipinski definition) is 3. The number of rotatable bonds is 4. The van der Waals surface area contributed by atoms with Gasteiger partial charge in [0.2, 0.25) is 5.91 Å². The van der Waals surface area contributed by atoms with Gasteiger partial charge < -0.3 is 21.1 Å². The van der Waals surface area contributed by atoms with E-state index in [4.69, 9.17) is 5.73 Å². The van der Waals surface area contributed by atoms with E-state index in [-0.39, 0.29) is 36.2 Å². The summed E-state index contributed by atoms with van der Waals surface area (Å²) in [5, 5.41) is 12.5. The van der Waals surface area contributed by atoms with Crippen LogP contribution < -0.4 is 11.1 Å². The van der Waals surface area contributed by atoms with E-state index >= 15 is 0 Å². The van der Waals surface area contributed by atoms with E-state index in [1.54, 1.807) is 0 Å². The molecule has 0 spiro atoms. The predicted octanol–water partition coefficient (Wildman–Crippen LogP) is 1.06. The van der Waals surface area contributed by atoms with Crippen LogP contribution in [0.5, 0.6) is 0 Å². The van der Waals surface area contributed by atoms with Gasteiger partial charge in [0, 0.05) is 37.2 Å². The van der Waals surface area contributed by atoms with Gasteiger partial charge in [0.05, 0.1) is 6.10 Å². The number of halogens is 1. The lowest BCUT2D eigenvalue weighted by Gasteiger charge is -2.15. The fraction of sp³-hybridized carbons (Fsp3) is 0.556. The number of benzene rings is 1. The van der Waals surface area contributed by atoms with Gasteiger partial charge in [-0.05, 0) is 43.4 Å². The van der Waals surface area contributed by atoms with Crippen LogP contribution in [0.25, 0.3) is 0 Å². The maximum absolute atomic E-state index is 12.3. The molecule has 7 heteroatoms. The molecule has 1 aromatic rings. The zero-order chi connectivity index (χ0) is 17.1. The van der Waals surface area contributed by atoms with E-state index in [0.29, 0.717) is 24.9 Å². The fourth-order valence-corrected chi connectivity index (χ4v) is 3.46. The molecule has 1 aliphatic heterocycles. The van der Waals surface area contributed by atoms with Crippen LogP contribution in [0.15, 0.2) is 24.3 Å². The van der Waals surface area contributed by atoms with Crippen LogP contribution in [0.4, 0.5) is 0 Å². The summed E-state index contributed by atoms with van der Waals surface area (Å²) in [5.41, 5.74) is 7.38. The molecule has 1 aliphatic carbocycles. The van der Waals surface area contributed by atoms with Crippen molar-refractivity contribution in [3.05, 3.63) is 35.4 Å². The minimum absolute atomic E-state index is 0. The second kappa shape index (κ2) is 8.65. The first-order valence-corrected chi connectivity index (χ1v) is 8.64. The summed E-state index contributed by atoms with van der Waals surface area (Å²) in [6.45, 7) is 2.09. The monoisotopic (exact) mass is 367 g/mol. The van der Waals surface area contributed by atoms with Crippen LogP contribution in [0, 0.1) is 5.92 Å². The highest BCUT2D eigenvalue weighted by Gasteiger charge is 2.34. The van der Waals surface area contributed by atoms with E-state index < -0.39 is 6.10 Å². The van der Waals surface area contributed by atoms with Crippen LogP contribution in [0.1, 0.15) is 41.6 Å². The highest BCUT2D eigenvalue weighted by molar-refractivity contribution is 5.94. The average Bonchev–Trinajstić information content (AvgIpc) is 3.23. The van der Waals surface area contributed by atoms with Crippen molar-refractivity contribution >= 4 is 24.2 Å². The van der Waals surface area contributed by atoms with Crippen molar-refractivity contribution in [3.63, 3.8) is 0 Å². The fourth-order valence-electron chi connectivity index (χ4n) is 3.46. The molecule has 0 radical (unpaired) electrons. The van der Waals surface area contributed by atoms with Crippen LogP contribution in [-0.4, -0.2) is 47.1 Å². The highest BCUT2D eigenvalue weighted by atomic mass is 35.5. The molecule has 2 aliphatic rings. The summed E-state index contributed by atoms with van der Waals surface area (Å²) in [6, 6.07) is 7.07. The first kappa shape index (κ1) is 19.7. The van der Waals surface area contributed by atoms with E-state index in [9.17, 15) is 14.7 Å². The SMILES string of the molecule is Cl.N[C@H]1C[C@H](C(=O)NCc2ccc(C(=O)N3CCCC3)cc2)C[C@@H]1O. The minimum Gasteiger partial charge on any atom is -0.391 e. The number of nitrogens with one attached hydrogen (secondary N) is 1. The highest BCUT2D eigenvalue weighted by Crippen LogP contribution is 2.24. The van der Waals surface area contributed by atoms with Gasteiger partial charge in [0.15, 0.2) is 0 Å². The largest absolute Gasteiger partial charge is 0.391 e. The Kier molecular flexibility index (Phi) is 6.81. The zero-order valence-corrected chi connectivity index (χ0v) is 15.0. The molecular formula is C18H26ClN3O3. The number of aliphatic hydroxyl groups excluding tert-OH is 1. The molecule has 138 valence electrons. The Bertz CT molecular complexity index is 592. The molecule has 1 saturated heterocycles. The van der Waals surface area contributed by atoms with Gasteiger partial charge >= 0.3 is 0 Å². The van der Waals surface area contributed by atoms with Gasteiger partial charge in [-0.3, -0.25) is 9.59 Å². The van der Waals surface area contributed by atoms with E-state index in [1.165, 1.54) is 0 Å². The number of nitrogens with zero attached hydrogens (tertiary/aromatic N) is 1. The Balaban J connectivity index is 0.00000225. The minimum atomic E-state index is -0.586. The number of hydrogen-bond acceptors (Lipinski definition) is 4. The number of nitrogens with two attached hydrogens (primary N) is 1. The molecule has 3 rings (SSSR count). The summed E-state index contributed by atoms with van der Waals surface area (Å²) in [6.07, 6.45) is 2.52. The summed E-state index contributed by atoms with van der Waals surface area (Å²) in [4.78, 5) is 26.3. The predicted molar refractivity (Wildman–Crippen MR) is 97.4 cm³/mol. The first-order chi connectivity index (χ1) is 11.5. The molecule has 1 aromatic carbocycles. The third kappa shape index (κ3) is 4.71. The number of aliphatic hydroxyl groups is 1. The van der Waals surface area contributed by atoms with Gasteiger partial charge in [-0.1, -0.05) is 12.1 Å². The van der Waals surface area contributed by atoms with Crippen LogP contribution >= 0.6 is 12.4 Å². The molecule has 2 fully saturated rings. The van der Waals surface area contributed by atoms with Crippen LogP contribution in [-0.2, 0) is 11.3 Å². The number of carbonyl (C=O) groups is 2. The Morgan fingerprint density at radius 1 is 1.16 bits per heavy atom. The average molecular weight is 368 g/mol. The van der Waals surface area contributed by atoms with Crippen molar-refractivity contribution in [2.75, 3.05) is 13.1 Å². The van der Waals surface area contributed by atoms with Crippen LogP contribution in [0.3, 0.4) is 0 Å². The summed E-state index contributed by atoms with van der Waals surface area (Å²) >= 11 is 0. The Morgan fingerprint density at radius 2 is 1.80 bits per heavy atom.